The third-order valence-corrected chi connectivity index (χ3v) is 6.32. The number of likely N-dealkylation sites (tertiary alicyclic amines) is 1. The molecule has 0 saturated carbocycles. The monoisotopic (exact) mass is 383 g/mol. The molecular formula is C21H25N3O2S. The molecule has 4 rings (SSSR count). The Morgan fingerprint density at radius 3 is 2.44 bits per heavy atom. The van der Waals surface area contributed by atoms with Gasteiger partial charge in [0.1, 0.15) is 6.04 Å². The molecule has 0 unspecified atom stereocenters. The summed E-state index contributed by atoms with van der Waals surface area (Å²) in [5.41, 5.74) is 1.31. The van der Waals surface area contributed by atoms with Gasteiger partial charge in [0.2, 0.25) is 5.91 Å². The molecule has 2 aliphatic rings. The van der Waals surface area contributed by atoms with E-state index >= 15 is 0 Å². The van der Waals surface area contributed by atoms with Gasteiger partial charge in [-0.3, -0.25) is 14.5 Å². The Balaban J connectivity index is 1.34. The van der Waals surface area contributed by atoms with Crippen molar-refractivity contribution >= 4 is 23.2 Å². The van der Waals surface area contributed by atoms with Crippen molar-refractivity contribution in [3.8, 4) is 0 Å². The van der Waals surface area contributed by atoms with Crippen LogP contribution in [0.2, 0.25) is 0 Å². The minimum absolute atomic E-state index is 0.00330. The molecule has 0 bridgehead atoms. The fourth-order valence-electron chi connectivity index (χ4n) is 3.99. The first-order valence-corrected chi connectivity index (χ1v) is 10.5. The second kappa shape index (κ2) is 8.23. The molecule has 2 aromatic rings. The molecule has 1 aromatic carbocycles. The molecule has 0 aliphatic carbocycles. The summed E-state index contributed by atoms with van der Waals surface area (Å²) in [6.45, 7) is 4.85. The van der Waals surface area contributed by atoms with Crippen LogP contribution in [0.15, 0.2) is 47.8 Å². The zero-order chi connectivity index (χ0) is 18.6. The van der Waals surface area contributed by atoms with Crippen LogP contribution in [0.3, 0.4) is 0 Å². The maximum Gasteiger partial charge on any atom is 0.264 e. The maximum atomic E-state index is 13.1. The van der Waals surface area contributed by atoms with Crippen LogP contribution in [0.1, 0.15) is 28.1 Å². The van der Waals surface area contributed by atoms with E-state index in [-0.39, 0.29) is 17.9 Å². The van der Waals surface area contributed by atoms with Crippen LogP contribution in [-0.4, -0.2) is 65.3 Å². The lowest BCUT2D eigenvalue weighted by atomic mass is 10.1. The number of carbonyl (C=O) groups excluding carboxylic acids is 2. The fourth-order valence-corrected chi connectivity index (χ4v) is 4.67. The topological polar surface area (TPSA) is 43.9 Å². The summed E-state index contributed by atoms with van der Waals surface area (Å²) in [5.74, 6) is 0.125. The number of nitrogens with zero attached hydrogens (tertiary/aromatic N) is 3. The maximum absolute atomic E-state index is 13.1. The van der Waals surface area contributed by atoms with Crippen LogP contribution in [0.25, 0.3) is 0 Å². The second-order valence-electron chi connectivity index (χ2n) is 7.22. The molecule has 2 amide bonds. The van der Waals surface area contributed by atoms with E-state index in [2.05, 4.69) is 29.2 Å². The molecule has 0 N–H and O–H groups in total. The van der Waals surface area contributed by atoms with Crippen LogP contribution in [0.5, 0.6) is 0 Å². The molecule has 1 aromatic heterocycles. The number of hydrogen-bond acceptors (Lipinski definition) is 4. The number of benzene rings is 1. The molecule has 0 spiro atoms. The summed E-state index contributed by atoms with van der Waals surface area (Å²) < 4.78 is 0. The third-order valence-electron chi connectivity index (χ3n) is 5.46. The minimum atomic E-state index is -0.291. The number of thiophene rings is 1. The Hall–Kier alpha value is -2.18. The van der Waals surface area contributed by atoms with Crippen molar-refractivity contribution in [1.29, 1.82) is 0 Å². The van der Waals surface area contributed by atoms with E-state index in [9.17, 15) is 9.59 Å². The van der Waals surface area contributed by atoms with Crippen molar-refractivity contribution in [3.63, 3.8) is 0 Å². The summed E-state index contributed by atoms with van der Waals surface area (Å²) in [6, 6.07) is 13.9. The Bertz CT molecular complexity index is 770. The van der Waals surface area contributed by atoms with Crippen molar-refractivity contribution in [1.82, 2.24) is 14.7 Å². The van der Waals surface area contributed by atoms with E-state index in [0.717, 1.165) is 50.4 Å². The van der Waals surface area contributed by atoms with Crippen LogP contribution < -0.4 is 0 Å². The average Bonchev–Trinajstić information content (AvgIpc) is 3.40. The SMILES string of the molecule is O=C([C@@H]1CCCN1C(=O)c1cccs1)N1CCN(Cc2ccccc2)CC1. The van der Waals surface area contributed by atoms with E-state index in [1.165, 1.54) is 16.9 Å². The zero-order valence-corrected chi connectivity index (χ0v) is 16.2. The van der Waals surface area contributed by atoms with Gasteiger partial charge < -0.3 is 9.80 Å². The molecule has 2 fully saturated rings. The van der Waals surface area contributed by atoms with Gasteiger partial charge in [0.15, 0.2) is 0 Å². The van der Waals surface area contributed by atoms with Crippen molar-refractivity contribution in [2.45, 2.75) is 25.4 Å². The lowest BCUT2D eigenvalue weighted by molar-refractivity contribution is -0.137. The molecule has 2 aliphatic heterocycles. The van der Waals surface area contributed by atoms with Gasteiger partial charge in [-0.1, -0.05) is 36.4 Å². The van der Waals surface area contributed by atoms with Gasteiger partial charge >= 0.3 is 0 Å². The van der Waals surface area contributed by atoms with E-state index in [1.54, 1.807) is 4.90 Å². The largest absolute Gasteiger partial charge is 0.338 e. The van der Waals surface area contributed by atoms with Gasteiger partial charge in [-0.2, -0.15) is 0 Å². The molecule has 27 heavy (non-hydrogen) atoms. The van der Waals surface area contributed by atoms with E-state index in [1.807, 2.05) is 28.5 Å². The Morgan fingerprint density at radius 2 is 1.74 bits per heavy atom. The first-order chi connectivity index (χ1) is 13.2. The highest BCUT2D eigenvalue weighted by Crippen LogP contribution is 2.24. The lowest BCUT2D eigenvalue weighted by Crippen LogP contribution is -2.54. The average molecular weight is 384 g/mol. The van der Waals surface area contributed by atoms with Crippen LogP contribution in [0.4, 0.5) is 0 Å². The first kappa shape index (κ1) is 18.2. The highest BCUT2D eigenvalue weighted by molar-refractivity contribution is 7.12. The third kappa shape index (κ3) is 4.06. The number of carbonyl (C=O) groups is 2. The van der Waals surface area contributed by atoms with Gasteiger partial charge in [0.05, 0.1) is 4.88 Å². The van der Waals surface area contributed by atoms with Crippen molar-refractivity contribution in [2.24, 2.45) is 0 Å². The first-order valence-electron chi connectivity index (χ1n) is 9.62. The highest BCUT2D eigenvalue weighted by atomic mass is 32.1. The zero-order valence-electron chi connectivity index (χ0n) is 15.4. The Morgan fingerprint density at radius 1 is 0.963 bits per heavy atom. The van der Waals surface area contributed by atoms with E-state index in [4.69, 9.17) is 0 Å². The highest BCUT2D eigenvalue weighted by Gasteiger charge is 2.37. The smallest absolute Gasteiger partial charge is 0.264 e. The predicted octanol–water partition coefficient (Wildman–Crippen LogP) is 2.70. The summed E-state index contributed by atoms with van der Waals surface area (Å²) in [7, 11) is 0. The Kier molecular flexibility index (Phi) is 5.55. The van der Waals surface area contributed by atoms with Crippen molar-refractivity contribution in [2.75, 3.05) is 32.7 Å². The normalized spacial score (nSPS) is 20.8. The standard InChI is InChI=1S/C21H25N3O2S/c25-20(18-8-4-10-24(18)21(26)19-9-5-15-27-19)23-13-11-22(12-14-23)16-17-6-2-1-3-7-17/h1-3,5-7,9,15,18H,4,8,10-14,16H2/t18-/m0/s1. The lowest BCUT2D eigenvalue weighted by Gasteiger charge is -2.37. The quantitative estimate of drug-likeness (QED) is 0.815. The number of rotatable bonds is 4. The summed E-state index contributed by atoms with van der Waals surface area (Å²) >= 11 is 1.45. The van der Waals surface area contributed by atoms with E-state index < -0.39 is 0 Å². The van der Waals surface area contributed by atoms with Crippen LogP contribution in [0, 0.1) is 0 Å². The molecule has 3 heterocycles. The van der Waals surface area contributed by atoms with Gasteiger partial charge in [0.25, 0.3) is 5.91 Å². The summed E-state index contributed by atoms with van der Waals surface area (Å²) in [5, 5.41) is 1.91. The molecule has 5 nitrogen and oxygen atoms in total. The molecule has 6 heteroatoms. The molecule has 1 atom stereocenters. The van der Waals surface area contributed by atoms with Crippen LogP contribution >= 0.6 is 11.3 Å². The van der Waals surface area contributed by atoms with Gasteiger partial charge in [-0.15, -0.1) is 11.3 Å². The number of piperazine rings is 1. The minimum Gasteiger partial charge on any atom is -0.338 e. The van der Waals surface area contributed by atoms with Gasteiger partial charge in [-0.05, 0) is 29.9 Å². The second-order valence-corrected chi connectivity index (χ2v) is 8.17. The summed E-state index contributed by atoms with van der Waals surface area (Å²) in [4.78, 5) is 32.6. The Labute approximate surface area is 164 Å². The van der Waals surface area contributed by atoms with E-state index in [0.29, 0.717) is 6.54 Å². The molecular weight excluding hydrogens is 358 g/mol. The predicted molar refractivity (Wildman–Crippen MR) is 107 cm³/mol. The number of hydrogen-bond donors (Lipinski definition) is 0. The fraction of sp³-hybridized carbons (Fsp3) is 0.429. The van der Waals surface area contributed by atoms with Crippen molar-refractivity contribution in [3.05, 3.63) is 58.3 Å². The molecule has 142 valence electrons. The van der Waals surface area contributed by atoms with Gasteiger partial charge in [-0.25, -0.2) is 0 Å². The molecule has 2 saturated heterocycles. The van der Waals surface area contributed by atoms with Gasteiger partial charge in [0, 0.05) is 39.3 Å². The molecule has 0 radical (unpaired) electrons. The van der Waals surface area contributed by atoms with Crippen molar-refractivity contribution < 1.29 is 9.59 Å². The summed E-state index contributed by atoms with van der Waals surface area (Å²) in [6.07, 6.45) is 1.68. The van der Waals surface area contributed by atoms with Crippen LogP contribution in [-0.2, 0) is 11.3 Å². The number of amides is 2.